The second-order valence-corrected chi connectivity index (χ2v) is 10.6. The van der Waals surface area contributed by atoms with Crippen molar-refractivity contribution in [2.75, 3.05) is 17.6 Å². The predicted octanol–water partition coefficient (Wildman–Crippen LogP) is 4.49. The number of anilines is 1. The first-order chi connectivity index (χ1) is 16.5. The summed E-state index contributed by atoms with van der Waals surface area (Å²) in [6.07, 6.45) is 4.68. The predicted molar refractivity (Wildman–Crippen MR) is 139 cm³/mol. The average molecular weight is 499 g/mol. The number of hydrogen-bond donors (Lipinski definition) is 2. The number of carbonyl (C=O) groups excluding carboxylic acids is 2. The molecule has 1 aliphatic rings. The van der Waals surface area contributed by atoms with E-state index in [0.29, 0.717) is 36.8 Å². The lowest BCUT2D eigenvalue weighted by Gasteiger charge is -2.21. The Morgan fingerprint density at radius 1 is 1.24 bits per heavy atom. The Morgan fingerprint density at radius 3 is 2.82 bits per heavy atom. The Bertz CT molecular complexity index is 1250. The molecular weight excluding hydrogens is 468 g/mol. The van der Waals surface area contributed by atoms with Crippen LogP contribution in [0.1, 0.15) is 54.9 Å². The number of aromatic amines is 1. The molecule has 2 amide bonds. The number of rotatable bonds is 9. The molecule has 0 spiro atoms. The van der Waals surface area contributed by atoms with E-state index < -0.39 is 0 Å². The number of thioether (sulfide) groups is 1. The second kappa shape index (κ2) is 11.2. The summed E-state index contributed by atoms with van der Waals surface area (Å²) in [4.78, 5) is 48.5. The number of benzene rings is 1. The zero-order chi connectivity index (χ0) is 24.1. The fraction of sp³-hybridized carbons (Fsp3) is 0.440. The molecule has 2 heterocycles. The number of amides is 2. The molecule has 180 valence electrons. The minimum atomic E-state index is -0.0753. The summed E-state index contributed by atoms with van der Waals surface area (Å²) < 4.78 is 0. The van der Waals surface area contributed by atoms with E-state index >= 15 is 0 Å². The van der Waals surface area contributed by atoms with Crippen molar-refractivity contribution in [3.63, 3.8) is 0 Å². The largest absolute Gasteiger partial charge is 0.339 e. The Balaban J connectivity index is 1.31. The number of aryl methyl sites for hydroxylation is 2. The van der Waals surface area contributed by atoms with Gasteiger partial charge in [0.25, 0.3) is 5.56 Å². The van der Waals surface area contributed by atoms with Crippen LogP contribution in [0.15, 0.2) is 29.1 Å². The van der Waals surface area contributed by atoms with Crippen LogP contribution in [0.3, 0.4) is 0 Å². The van der Waals surface area contributed by atoms with Gasteiger partial charge < -0.3 is 15.2 Å². The lowest BCUT2D eigenvalue weighted by atomic mass is 9.97. The van der Waals surface area contributed by atoms with Gasteiger partial charge in [0.2, 0.25) is 11.8 Å². The normalized spacial score (nSPS) is 13.0. The molecular formula is C25H30N4O3S2. The van der Waals surface area contributed by atoms with Crippen molar-refractivity contribution in [1.29, 1.82) is 0 Å². The van der Waals surface area contributed by atoms with Gasteiger partial charge in [-0.05, 0) is 49.8 Å². The minimum Gasteiger partial charge on any atom is -0.339 e. The molecule has 3 aromatic rings. The van der Waals surface area contributed by atoms with E-state index in [2.05, 4.69) is 10.3 Å². The maximum Gasteiger partial charge on any atom is 0.259 e. The quantitative estimate of drug-likeness (QED) is 0.424. The van der Waals surface area contributed by atoms with Crippen LogP contribution in [0, 0.1) is 0 Å². The van der Waals surface area contributed by atoms with Crippen LogP contribution < -0.4 is 10.9 Å². The van der Waals surface area contributed by atoms with Crippen LogP contribution >= 0.6 is 23.1 Å². The highest BCUT2D eigenvalue weighted by Crippen LogP contribution is 2.33. The lowest BCUT2D eigenvalue weighted by Crippen LogP contribution is -2.28. The highest BCUT2D eigenvalue weighted by atomic mass is 32.2. The maximum absolute atomic E-state index is 12.7. The monoisotopic (exact) mass is 498 g/mol. The molecule has 0 atom stereocenters. The molecule has 0 saturated carbocycles. The van der Waals surface area contributed by atoms with Crippen molar-refractivity contribution < 1.29 is 9.59 Å². The van der Waals surface area contributed by atoms with Crippen LogP contribution in [0.5, 0.6) is 0 Å². The van der Waals surface area contributed by atoms with Gasteiger partial charge in [-0.2, -0.15) is 11.8 Å². The Morgan fingerprint density at radius 2 is 2.03 bits per heavy atom. The Hall–Kier alpha value is -2.65. The van der Waals surface area contributed by atoms with E-state index in [4.69, 9.17) is 4.98 Å². The van der Waals surface area contributed by atoms with Crippen molar-refractivity contribution in [1.82, 2.24) is 14.9 Å². The summed E-state index contributed by atoms with van der Waals surface area (Å²) in [5.41, 5.74) is 2.80. The minimum absolute atomic E-state index is 0.00702. The molecule has 0 bridgehead atoms. The van der Waals surface area contributed by atoms with Gasteiger partial charge >= 0.3 is 0 Å². The fourth-order valence-electron chi connectivity index (χ4n) is 4.25. The SMILES string of the molecule is CCN(Cc1ccccc1NC(=O)CCSCc1nc2sc3c(c2c(=O)[nH]1)CCCC3)C(C)=O. The van der Waals surface area contributed by atoms with E-state index in [-0.39, 0.29) is 17.4 Å². The molecule has 1 aliphatic carbocycles. The number of aromatic nitrogens is 2. The van der Waals surface area contributed by atoms with Gasteiger partial charge in [-0.15, -0.1) is 11.3 Å². The molecule has 4 rings (SSSR count). The number of H-pyrrole nitrogens is 1. The number of thiophene rings is 1. The van der Waals surface area contributed by atoms with Gasteiger partial charge in [-0.25, -0.2) is 4.98 Å². The highest BCUT2D eigenvalue weighted by molar-refractivity contribution is 7.98. The zero-order valence-electron chi connectivity index (χ0n) is 19.6. The van der Waals surface area contributed by atoms with E-state index in [9.17, 15) is 14.4 Å². The molecule has 9 heteroatoms. The zero-order valence-corrected chi connectivity index (χ0v) is 21.2. The van der Waals surface area contributed by atoms with Gasteiger partial charge in [-0.3, -0.25) is 14.4 Å². The first-order valence-electron chi connectivity index (χ1n) is 11.7. The van der Waals surface area contributed by atoms with Crippen molar-refractivity contribution in [3.05, 3.63) is 56.4 Å². The Labute approximate surface area is 207 Å². The molecule has 0 unspecified atom stereocenters. The van der Waals surface area contributed by atoms with Crippen LogP contribution in [0.4, 0.5) is 5.69 Å². The van der Waals surface area contributed by atoms with Gasteiger partial charge in [0.15, 0.2) is 0 Å². The molecule has 0 saturated heterocycles. The summed E-state index contributed by atoms with van der Waals surface area (Å²) in [7, 11) is 0. The van der Waals surface area contributed by atoms with E-state index in [1.165, 1.54) is 16.9 Å². The molecule has 0 aliphatic heterocycles. The highest BCUT2D eigenvalue weighted by Gasteiger charge is 2.19. The van der Waals surface area contributed by atoms with E-state index in [1.807, 2.05) is 31.2 Å². The smallest absolute Gasteiger partial charge is 0.259 e. The summed E-state index contributed by atoms with van der Waals surface area (Å²) in [6, 6.07) is 7.57. The summed E-state index contributed by atoms with van der Waals surface area (Å²) in [5.74, 6) is 1.77. The topological polar surface area (TPSA) is 95.2 Å². The molecule has 34 heavy (non-hydrogen) atoms. The molecule has 2 N–H and O–H groups in total. The maximum atomic E-state index is 12.7. The summed E-state index contributed by atoms with van der Waals surface area (Å²) in [6.45, 7) is 4.57. The first kappa shape index (κ1) is 24.5. The third kappa shape index (κ3) is 5.70. The van der Waals surface area contributed by atoms with Crippen molar-refractivity contribution >= 4 is 50.8 Å². The van der Waals surface area contributed by atoms with E-state index in [1.54, 1.807) is 34.9 Å². The van der Waals surface area contributed by atoms with Crippen LogP contribution in [-0.4, -0.2) is 39.0 Å². The van der Waals surface area contributed by atoms with Gasteiger partial charge in [-0.1, -0.05) is 18.2 Å². The van der Waals surface area contributed by atoms with Crippen molar-refractivity contribution in [3.8, 4) is 0 Å². The van der Waals surface area contributed by atoms with Gasteiger partial charge in [0, 0.05) is 42.8 Å². The standard InChI is InChI=1S/C25H30N4O3S2/c1-3-29(16(2)30)14-17-8-4-6-10-19(17)26-22(31)12-13-33-15-21-27-24(32)23-18-9-5-7-11-20(18)34-25(23)28-21/h4,6,8,10H,3,5,7,9,11-15H2,1-2H3,(H,26,31)(H,27,28,32). The van der Waals surface area contributed by atoms with Crippen LogP contribution in [0.2, 0.25) is 0 Å². The number of fused-ring (bicyclic) bond motifs is 3. The number of nitrogens with zero attached hydrogens (tertiary/aromatic N) is 2. The number of para-hydroxylation sites is 1. The van der Waals surface area contributed by atoms with Gasteiger partial charge in [0.1, 0.15) is 10.7 Å². The molecule has 0 fully saturated rings. The summed E-state index contributed by atoms with van der Waals surface area (Å²) >= 11 is 3.23. The third-order valence-corrected chi connectivity index (χ3v) is 8.22. The van der Waals surface area contributed by atoms with E-state index in [0.717, 1.165) is 40.7 Å². The summed E-state index contributed by atoms with van der Waals surface area (Å²) in [5, 5.41) is 3.75. The first-order valence-corrected chi connectivity index (χ1v) is 13.7. The molecule has 2 aromatic heterocycles. The van der Waals surface area contributed by atoms with Crippen LogP contribution in [-0.2, 0) is 34.7 Å². The third-order valence-electron chi connectivity index (χ3n) is 6.07. The lowest BCUT2D eigenvalue weighted by molar-refractivity contribution is -0.129. The molecule has 7 nitrogen and oxygen atoms in total. The van der Waals surface area contributed by atoms with Crippen molar-refractivity contribution in [2.24, 2.45) is 0 Å². The van der Waals surface area contributed by atoms with Crippen molar-refractivity contribution in [2.45, 2.75) is 58.2 Å². The number of carbonyl (C=O) groups is 2. The van der Waals surface area contributed by atoms with Crippen LogP contribution in [0.25, 0.3) is 10.2 Å². The van der Waals surface area contributed by atoms with Gasteiger partial charge in [0.05, 0.1) is 11.1 Å². The fourth-order valence-corrected chi connectivity index (χ4v) is 6.34. The Kier molecular flexibility index (Phi) is 8.05. The molecule has 1 aromatic carbocycles. The second-order valence-electron chi connectivity index (χ2n) is 8.44. The number of nitrogens with one attached hydrogen (secondary N) is 2. The molecule has 0 radical (unpaired) electrons. The number of hydrogen-bond acceptors (Lipinski definition) is 6. The average Bonchev–Trinajstić information content (AvgIpc) is 3.20.